The molecule has 4 heteroatoms. The normalized spacial score (nSPS) is 14.8. The number of halogens is 2. The molecule has 2 unspecified atom stereocenters. The summed E-state index contributed by atoms with van der Waals surface area (Å²) in [5.74, 6) is -1.12. The highest BCUT2D eigenvalue weighted by atomic mass is 19.1. The van der Waals surface area contributed by atoms with E-state index in [-0.39, 0.29) is 11.6 Å². The van der Waals surface area contributed by atoms with Crippen molar-refractivity contribution in [2.24, 2.45) is 0 Å². The molecule has 2 nitrogen and oxygen atoms in total. The standard InChI is InChI=1S/C12H17F2NO/c1-3-11(15-4-2)12(16)9-7-8(13)5-6-10(9)14/h5-7,11-12,15-16H,3-4H2,1-2H3. The van der Waals surface area contributed by atoms with Gasteiger partial charge in [0.2, 0.25) is 0 Å². The Labute approximate surface area is 94.3 Å². The minimum absolute atomic E-state index is 0.00722. The Morgan fingerprint density at radius 2 is 2.00 bits per heavy atom. The first-order valence-corrected chi connectivity index (χ1v) is 5.46. The third-order valence-electron chi connectivity index (χ3n) is 2.56. The van der Waals surface area contributed by atoms with E-state index in [9.17, 15) is 13.9 Å². The van der Waals surface area contributed by atoms with Crippen molar-refractivity contribution in [2.45, 2.75) is 32.4 Å². The minimum atomic E-state index is -1.03. The molecule has 2 N–H and O–H groups in total. The summed E-state index contributed by atoms with van der Waals surface area (Å²) in [6, 6.07) is 2.85. The number of hydrogen-bond donors (Lipinski definition) is 2. The zero-order valence-corrected chi connectivity index (χ0v) is 9.50. The lowest BCUT2D eigenvalue weighted by Gasteiger charge is -2.23. The molecule has 0 radical (unpaired) electrons. The molecule has 1 aromatic carbocycles. The average Bonchev–Trinajstić information content (AvgIpc) is 2.28. The summed E-state index contributed by atoms with van der Waals surface area (Å²) in [4.78, 5) is 0. The molecular formula is C12H17F2NO. The molecule has 1 aromatic rings. The van der Waals surface area contributed by atoms with Gasteiger partial charge in [0.15, 0.2) is 0 Å². The molecule has 0 aliphatic rings. The van der Waals surface area contributed by atoms with Crippen molar-refractivity contribution in [1.82, 2.24) is 5.32 Å². The van der Waals surface area contributed by atoms with E-state index < -0.39 is 17.7 Å². The van der Waals surface area contributed by atoms with Crippen molar-refractivity contribution in [2.75, 3.05) is 6.54 Å². The predicted octanol–water partition coefficient (Wildman–Crippen LogP) is 2.39. The smallest absolute Gasteiger partial charge is 0.129 e. The summed E-state index contributed by atoms with van der Waals surface area (Å²) in [6.45, 7) is 4.46. The van der Waals surface area contributed by atoms with Crippen LogP contribution in [0.3, 0.4) is 0 Å². The van der Waals surface area contributed by atoms with Gasteiger partial charge in [-0.1, -0.05) is 13.8 Å². The summed E-state index contributed by atoms with van der Waals surface area (Å²) < 4.78 is 26.4. The zero-order chi connectivity index (χ0) is 12.1. The molecule has 90 valence electrons. The van der Waals surface area contributed by atoms with Crippen LogP contribution in [0.15, 0.2) is 18.2 Å². The van der Waals surface area contributed by atoms with Gasteiger partial charge in [-0.3, -0.25) is 0 Å². The Bertz CT molecular complexity index is 344. The summed E-state index contributed by atoms with van der Waals surface area (Å²) in [6.07, 6.45) is -0.383. The van der Waals surface area contributed by atoms with Crippen LogP contribution >= 0.6 is 0 Å². The molecule has 0 heterocycles. The van der Waals surface area contributed by atoms with Crippen LogP contribution in [0.2, 0.25) is 0 Å². The van der Waals surface area contributed by atoms with Gasteiger partial charge < -0.3 is 10.4 Å². The Balaban J connectivity index is 2.93. The first kappa shape index (κ1) is 13.1. The lowest BCUT2D eigenvalue weighted by atomic mass is 9.99. The quantitative estimate of drug-likeness (QED) is 0.812. The maximum absolute atomic E-state index is 13.4. The van der Waals surface area contributed by atoms with E-state index in [2.05, 4.69) is 5.32 Å². The van der Waals surface area contributed by atoms with Crippen LogP contribution in [0.25, 0.3) is 0 Å². The summed E-state index contributed by atoms with van der Waals surface area (Å²) in [5.41, 5.74) is 0.00722. The molecular weight excluding hydrogens is 212 g/mol. The predicted molar refractivity (Wildman–Crippen MR) is 59.1 cm³/mol. The molecule has 0 fully saturated rings. The third kappa shape index (κ3) is 3.00. The van der Waals surface area contributed by atoms with Gasteiger partial charge in [0, 0.05) is 11.6 Å². The number of hydrogen-bond acceptors (Lipinski definition) is 2. The van der Waals surface area contributed by atoms with E-state index >= 15 is 0 Å². The second kappa shape index (κ2) is 5.92. The molecule has 2 atom stereocenters. The van der Waals surface area contributed by atoms with Gasteiger partial charge in [-0.25, -0.2) is 8.78 Å². The first-order valence-electron chi connectivity index (χ1n) is 5.46. The van der Waals surface area contributed by atoms with E-state index in [1.165, 1.54) is 0 Å². The van der Waals surface area contributed by atoms with Crippen molar-refractivity contribution in [3.05, 3.63) is 35.4 Å². The topological polar surface area (TPSA) is 32.3 Å². The van der Waals surface area contributed by atoms with Gasteiger partial charge >= 0.3 is 0 Å². The second-order valence-electron chi connectivity index (χ2n) is 3.68. The molecule has 0 aromatic heterocycles. The van der Waals surface area contributed by atoms with E-state index in [1.807, 2.05) is 13.8 Å². The van der Waals surface area contributed by atoms with Crippen LogP contribution in [0, 0.1) is 11.6 Å². The van der Waals surface area contributed by atoms with Crippen LogP contribution < -0.4 is 5.32 Å². The number of nitrogens with one attached hydrogen (secondary N) is 1. The molecule has 0 aliphatic heterocycles. The summed E-state index contributed by atoms with van der Waals surface area (Å²) >= 11 is 0. The van der Waals surface area contributed by atoms with Gasteiger partial charge in [0.1, 0.15) is 11.6 Å². The van der Waals surface area contributed by atoms with Crippen molar-refractivity contribution < 1.29 is 13.9 Å². The highest BCUT2D eigenvalue weighted by Crippen LogP contribution is 2.22. The van der Waals surface area contributed by atoms with Crippen LogP contribution in [-0.2, 0) is 0 Å². The Morgan fingerprint density at radius 3 is 2.56 bits per heavy atom. The first-order chi connectivity index (χ1) is 7.60. The highest BCUT2D eigenvalue weighted by Gasteiger charge is 2.21. The molecule has 0 aliphatic carbocycles. The van der Waals surface area contributed by atoms with E-state index in [1.54, 1.807) is 0 Å². The van der Waals surface area contributed by atoms with Crippen LogP contribution in [0.5, 0.6) is 0 Å². The van der Waals surface area contributed by atoms with Crippen molar-refractivity contribution in [3.8, 4) is 0 Å². The molecule has 1 rings (SSSR count). The maximum Gasteiger partial charge on any atom is 0.129 e. The Morgan fingerprint density at radius 1 is 1.31 bits per heavy atom. The van der Waals surface area contributed by atoms with Crippen LogP contribution in [0.4, 0.5) is 8.78 Å². The molecule has 0 saturated carbocycles. The van der Waals surface area contributed by atoms with Crippen molar-refractivity contribution >= 4 is 0 Å². The number of aliphatic hydroxyl groups is 1. The molecule has 16 heavy (non-hydrogen) atoms. The van der Waals surface area contributed by atoms with Crippen molar-refractivity contribution in [3.63, 3.8) is 0 Å². The second-order valence-corrected chi connectivity index (χ2v) is 3.68. The number of rotatable bonds is 5. The van der Waals surface area contributed by atoms with E-state index in [4.69, 9.17) is 0 Å². The highest BCUT2D eigenvalue weighted by molar-refractivity contribution is 5.22. The summed E-state index contributed by atoms with van der Waals surface area (Å²) in [5, 5.41) is 13.0. The molecule has 0 amide bonds. The average molecular weight is 229 g/mol. The zero-order valence-electron chi connectivity index (χ0n) is 9.50. The van der Waals surface area contributed by atoms with Gasteiger partial charge in [0.05, 0.1) is 6.10 Å². The van der Waals surface area contributed by atoms with Crippen molar-refractivity contribution in [1.29, 1.82) is 0 Å². The fourth-order valence-electron chi connectivity index (χ4n) is 1.70. The molecule has 0 bridgehead atoms. The minimum Gasteiger partial charge on any atom is -0.387 e. The monoisotopic (exact) mass is 229 g/mol. The number of likely N-dealkylation sites (N-methyl/N-ethyl adjacent to an activating group) is 1. The summed E-state index contributed by atoms with van der Waals surface area (Å²) in [7, 11) is 0. The van der Waals surface area contributed by atoms with Crippen LogP contribution in [-0.4, -0.2) is 17.7 Å². The maximum atomic E-state index is 13.4. The van der Waals surface area contributed by atoms with Crippen LogP contribution in [0.1, 0.15) is 31.9 Å². The lowest BCUT2D eigenvalue weighted by Crippen LogP contribution is -2.34. The Kier molecular flexibility index (Phi) is 4.83. The molecule has 0 saturated heterocycles. The Hall–Kier alpha value is -1.00. The molecule has 0 spiro atoms. The fraction of sp³-hybridized carbons (Fsp3) is 0.500. The van der Waals surface area contributed by atoms with Gasteiger partial charge in [-0.05, 0) is 31.2 Å². The van der Waals surface area contributed by atoms with Gasteiger partial charge in [0.25, 0.3) is 0 Å². The van der Waals surface area contributed by atoms with Gasteiger partial charge in [-0.2, -0.15) is 0 Å². The lowest BCUT2D eigenvalue weighted by molar-refractivity contribution is 0.123. The van der Waals surface area contributed by atoms with Gasteiger partial charge in [-0.15, -0.1) is 0 Å². The fourth-order valence-corrected chi connectivity index (χ4v) is 1.70. The number of benzene rings is 1. The number of aliphatic hydroxyl groups excluding tert-OH is 1. The third-order valence-corrected chi connectivity index (χ3v) is 2.56. The SMILES string of the molecule is CCNC(CC)C(O)c1cc(F)ccc1F. The van der Waals surface area contributed by atoms with E-state index in [0.29, 0.717) is 13.0 Å². The largest absolute Gasteiger partial charge is 0.387 e. The van der Waals surface area contributed by atoms with E-state index in [0.717, 1.165) is 18.2 Å².